The van der Waals surface area contributed by atoms with Crippen LogP contribution in [0.25, 0.3) is 0 Å². The Morgan fingerprint density at radius 3 is 1.36 bits per heavy atom. The molecule has 2 unspecified atom stereocenters. The van der Waals surface area contributed by atoms with E-state index in [2.05, 4.69) is 0 Å². The summed E-state index contributed by atoms with van der Waals surface area (Å²) in [5, 5.41) is 0. The van der Waals surface area contributed by atoms with Crippen molar-refractivity contribution < 1.29 is 47.7 Å². The van der Waals surface area contributed by atoms with Gasteiger partial charge in [-0.3, -0.25) is 19.2 Å². The molecule has 0 aromatic carbocycles. The highest BCUT2D eigenvalue weighted by Gasteiger charge is 2.64. The summed E-state index contributed by atoms with van der Waals surface area (Å²) < 4.78 is 24.8. The van der Waals surface area contributed by atoms with Crippen LogP contribution < -0.4 is 0 Å². The highest BCUT2D eigenvalue weighted by molar-refractivity contribution is 6.04. The molecule has 0 saturated heterocycles. The Hall–Kier alpha value is -3.17. The van der Waals surface area contributed by atoms with Gasteiger partial charge in [-0.05, 0) is 55.6 Å². The van der Waals surface area contributed by atoms with E-state index in [1.165, 1.54) is 35.5 Å². The van der Waals surface area contributed by atoms with Crippen molar-refractivity contribution >= 4 is 29.8 Å². The zero-order chi connectivity index (χ0) is 24.7. The normalized spacial score (nSPS) is 24.4. The molecule has 0 N–H and O–H groups in total. The Morgan fingerprint density at radius 1 is 0.636 bits per heavy atom. The number of methoxy groups -OCH3 is 5. The Kier molecular flexibility index (Phi) is 6.41. The molecular weight excluding hydrogens is 436 g/mol. The quantitative estimate of drug-likeness (QED) is 0.333. The summed E-state index contributed by atoms with van der Waals surface area (Å²) in [6.45, 7) is 1.71. The maximum Gasteiger partial charge on any atom is 0.338 e. The van der Waals surface area contributed by atoms with Crippen LogP contribution in [0.15, 0.2) is 22.3 Å². The number of fused-ring (bicyclic) bond motifs is 3. The molecule has 3 aliphatic rings. The van der Waals surface area contributed by atoms with Crippen LogP contribution in [-0.2, 0) is 47.7 Å². The van der Waals surface area contributed by atoms with E-state index in [9.17, 15) is 24.0 Å². The molecule has 0 heterocycles. The van der Waals surface area contributed by atoms with Crippen LogP contribution >= 0.6 is 0 Å². The second-order valence-corrected chi connectivity index (χ2v) is 8.65. The van der Waals surface area contributed by atoms with Gasteiger partial charge < -0.3 is 23.7 Å². The third-order valence-electron chi connectivity index (χ3n) is 7.37. The van der Waals surface area contributed by atoms with E-state index >= 15 is 0 Å². The SMILES string of the molecule is COC(=O)C1=C2CC(C(=O)OC)(C(=O)OC)CC2C2CC(C(=O)OC)(C(=O)OC)CC2=C1C. The summed E-state index contributed by atoms with van der Waals surface area (Å²) in [5.41, 5.74) is -1.20. The lowest BCUT2D eigenvalue weighted by Gasteiger charge is -2.30. The molecule has 0 spiro atoms. The topological polar surface area (TPSA) is 132 Å². The first-order chi connectivity index (χ1) is 15.6. The van der Waals surface area contributed by atoms with Crippen molar-refractivity contribution in [2.45, 2.75) is 32.6 Å². The van der Waals surface area contributed by atoms with E-state index in [1.807, 2.05) is 0 Å². The van der Waals surface area contributed by atoms with E-state index in [1.54, 1.807) is 6.92 Å². The molecule has 10 heteroatoms. The molecule has 0 bridgehead atoms. The molecule has 0 radical (unpaired) electrons. The van der Waals surface area contributed by atoms with Gasteiger partial charge in [0.05, 0.1) is 41.1 Å². The summed E-state index contributed by atoms with van der Waals surface area (Å²) in [6, 6.07) is 0. The number of carbonyl (C=O) groups excluding carboxylic acids is 5. The fraction of sp³-hybridized carbons (Fsp3) is 0.609. The minimum Gasteiger partial charge on any atom is -0.468 e. The Morgan fingerprint density at radius 2 is 1.00 bits per heavy atom. The van der Waals surface area contributed by atoms with Gasteiger partial charge in [-0.2, -0.15) is 0 Å². The van der Waals surface area contributed by atoms with Crippen LogP contribution in [0.4, 0.5) is 0 Å². The molecule has 33 heavy (non-hydrogen) atoms. The van der Waals surface area contributed by atoms with Gasteiger partial charge in [-0.1, -0.05) is 5.57 Å². The molecule has 0 aromatic rings. The van der Waals surface area contributed by atoms with Gasteiger partial charge in [0.25, 0.3) is 0 Å². The van der Waals surface area contributed by atoms with Crippen LogP contribution in [-0.4, -0.2) is 65.4 Å². The van der Waals surface area contributed by atoms with Gasteiger partial charge in [-0.15, -0.1) is 0 Å². The fourth-order valence-corrected chi connectivity index (χ4v) is 5.87. The lowest BCUT2D eigenvalue weighted by molar-refractivity contribution is -0.171. The first-order valence-electron chi connectivity index (χ1n) is 10.4. The van der Waals surface area contributed by atoms with E-state index in [0.717, 1.165) is 0 Å². The number of hydrogen-bond acceptors (Lipinski definition) is 10. The smallest absolute Gasteiger partial charge is 0.338 e. The zero-order valence-electron chi connectivity index (χ0n) is 19.6. The van der Waals surface area contributed by atoms with E-state index < -0.39 is 52.5 Å². The standard InChI is InChI=1S/C23H28O10/c1-11-12-7-22(18(25)30-3,19(26)31-4)8-13(12)14-9-23(20(27)32-5,21(28)33-6)10-15(14)16(11)17(24)29-2/h13-14H,7-10H2,1-6H3. The monoisotopic (exact) mass is 464 g/mol. The van der Waals surface area contributed by atoms with E-state index in [0.29, 0.717) is 16.7 Å². The summed E-state index contributed by atoms with van der Waals surface area (Å²) in [6.07, 6.45) is -0.0370. The van der Waals surface area contributed by atoms with Crippen LogP contribution in [0.1, 0.15) is 32.6 Å². The van der Waals surface area contributed by atoms with Gasteiger partial charge >= 0.3 is 29.8 Å². The molecule has 0 aromatic heterocycles. The molecule has 2 atom stereocenters. The summed E-state index contributed by atoms with van der Waals surface area (Å²) in [4.78, 5) is 64.0. The molecule has 2 fully saturated rings. The predicted octanol–water partition coefficient (Wildman–Crippen LogP) is 1.27. The van der Waals surface area contributed by atoms with Gasteiger partial charge in [0, 0.05) is 0 Å². The molecule has 0 amide bonds. The Labute approximate surface area is 191 Å². The predicted molar refractivity (Wildman–Crippen MR) is 110 cm³/mol. The first kappa shape index (κ1) is 24.5. The Balaban J connectivity index is 2.22. The molecule has 0 aliphatic heterocycles. The van der Waals surface area contributed by atoms with Crippen molar-refractivity contribution in [3.63, 3.8) is 0 Å². The molecule has 10 nitrogen and oxygen atoms in total. The highest BCUT2D eigenvalue weighted by Crippen LogP contribution is 2.62. The van der Waals surface area contributed by atoms with Crippen LogP contribution in [0.5, 0.6) is 0 Å². The van der Waals surface area contributed by atoms with Crippen molar-refractivity contribution in [3.05, 3.63) is 22.3 Å². The van der Waals surface area contributed by atoms with Crippen LogP contribution in [0.2, 0.25) is 0 Å². The number of hydrogen-bond donors (Lipinski definition) is 0. The third kappa shape index (κ3) is 3.34. The maximum atomic E-state index is 12.8. The fourth-order valence-electron chi connectivity index (χ4n) is 5.87. The second kappa shape index (κ2) is 8.64. The molecule has 2 saturated carbocycles. The van der Waals surface area contributed by atoms with Gasteiger partial charge in [0.1, 0.15) is 0 Å². The number of esters is 5. The van der Waals surface area contributed by atoms with Gasteiger partial charge in [0.2, 0.25) is 0 Å². The number of carbonyl (C=O) groups is 5. The first-order valence-corrected chi connectivity index (χ1v) is 10.4. The maximum absolute atomic E-state index is 12.8. The molecule has 3 rings (SSSR count). The summed E-state index contributed by atoms with van der Waals surface area (Å²) in [7, 11) is 5.96. The van der Waals surface area contributed by atoms with Crippen molar-refractivity contribution in [2.24, 2.45) is 22.7 Å². The number of ether oxygens (including phenoxy) is 5. The van der Waals surface area contributed by atoms with Gasteiger partial charge in [-0.25, -0.2) is 4.79 Å². The zero-order valence-corrected chi connectivity index (χ0v) is 19.6. The van der Waals surface area contributed by atoms with Crippen LogP contribution in [0, 0.1) is 22.7 Å². The van der Waals surface area contributed by atoms with Crippen molar-refractivity contribution in [1.82, 2.24) is 0 Å². The van der Waals surface area contributed by atoms with Crippen molar-refractivity contribution in [2.75, 3.05) is 35.5 Å². The van der Waals surface area contributed by atoms with E-state index in [-0.39, 0.29) is 31.3 Å². The summed E-state index contributed by atoms with van der Waals surface area (Å²) in [5.74, 6) is -4.55. The number of rotatable bonds is 5. The second-order valence-electron chi connectivity index (χ2n) is 8.65. The van der Waals surface area contributed by atoms with Crippen LogP contribution in [0.3, 0.4) is 0 Å². The third-order valence-corrected chi connectivity index (χ3v) is 7.37. The van der Waals surface area contributed by atoms with E-state index in [4.69, 9.17) is 23.7 Å². The molecular formula is C23H28O10. The average Bonchev–Trinajstić information content (AvgIpc) is 3.43. The Bertz CT molecular complexity index is 953. The van der Waals surface area contributed by atoms with Gasteiger partial charge in [0.15, 0.2) is 10.8 Å². The van der Waals surface area contributed by atoms with Crippen molar-refractivity contribution in [1.29, 1.82) is 0 Å². The minimum absolute atomic E-state index is 0.00203. The highest BCUT2D eigenvalue weighted by atomic mass is 16.6. The summed E-state index contributed by atoms with van der Waals surface area (Å²) >= 11 is 0. The largest absolute Gasteiger partial charge is 0.468 e. The lowest BCUT2D eigenvalue weighted by Crippen LogP contribution is -2.40. The lowest BCUT2D eigenvalue weighted by atomic mass is 9.73. The van der Waals surface area contributed by atoms with Crippen molar-refractivity contribution in [3.8, 4) is 0 Å². The number of allylic oxidation sites excluding steroid dienone is 2. The molecule has 3 aliphatic carbocycles. The minimum atomic E-state index is -1.65. The average molecular weight is 464 g/mol. The molecule has 180 valence electrons.